The van der Waals surface area contributed by atoms with Gasteiger partial charge in [-0.1, -0.05) is 54.6 Å². The number of hydrogen-bond acceptors (Lipinski definition) is 9. The lowest BCUT2D eigenvalue weighted by Gasteiger charge is -2.15. The van der Waals surface area contributed by atoms with Crippen LogP contribution in [0.3, 0.4) is 0 Å². The van der Waals surface area contributed by atoms with Crippen molar-refractivity contribution in [1.82, 2.24) is 5.32 Å². The highest BCUT2D eigenvalue weighted by Crippen LogP contribution is 2.35. The number of para-hydroxylation sites is 1. The predicted octanol–water partition coefficient (Wildman–Crippen LogP) is 8.08. The maximum Gasteiger partial charge on any atom is 0.341 e. The van der Waals surface area contributed by atoms with Gasteiger partial charge in [0.05, 0.1) is 22.3 Å². The van der Waals surface area contributed by atoms with Crippen LogP contribution in [0.25, 0.3) is 6.08 Å². The third-order valence-corrected chi connectivity index (χ3v) is 10.4. The maximum absolute atomic E-state index is 13.7. The van der Waals surface area contributed by atoms with Gasteiger partial charge in [0.2, 0.25) is 5.91 Å². The van der Waals surface area contributed by atoms with E-state index in [0.29, 0.717) is 33.0 Å². The average molecular weight is 776 g/mol. The van der Waals surface area contributed by atoms with Crippen LogP contribution in [0.2, 0.25) is 0 Å². The van der Waals surface area contributed by atoms with E-state index in [9.17, 15) is 24.0 Å². The smallest absolute Gasteiger partial charge is 0.341 e. The van der Waals surface area contributed by atoms with Crippen LogP contribution >= 0.6 is 23.1 Å². The Labute approximate surface area is 328 Å². The molecule has 1 aromatic heterocycles. The number of benzene rings is 4. The van der Waals surface area contributed by atoms with Gasteiger partial charge in [0.15, 0.2) is 0 Å². The molecule has 282 valence electrons. The van der Waals surface area contributed by atoms with Crippen LogP contribution in [0.5, 0.6) is 0 Å². The van der Waals surface area contributed by atoms with Crippen molar-refractivity contribution in [3.63, 3.8) is 0 Å². The first-order chi connectivity index (χ1) is 26.4. The molecule has 13 heteroatoms. The van der Waals surface area contributed by atoms with Crippen molar-refractivity contribution in [2.24, 2.45) is 0 Å². The van der Waals surface area contributed by atoms with Crippen molar-refractivity contribution in [1.29, 1.82) is 0 Å². The zero-order chi connectivity index (χ0) is 39.5. The van der Waals surface area contributed by atoms with E-state index in [1.165, 1.54) is 11.8 Å². The van der Waals surface area contributed by atoms with Crippen LogP contribution in [-0.2, 0) is 14.3 Å². The summed E-state index contributed by atoms with van der Waals surface area (Å²) < 4.78 is 5.27. The summed E-state index contributed by atoms with van der Waals surface area (Å²) in [6.07, 6.45) is 1.61. The number of amides is 4. The Kier molecular flexibility index (Phi) is 13.6. The number of anilines is 4. The number of ether oxygens (including phenoxy) is 1. The summed E-state index contributed by atoms with van der Waals surface area (Å²) >= 11 is 2.23. The summed E-state index contributed by atoms with van der Waals surface area (Å²) in [4.78, 5) is 69.4. The Bertz CT molecular complexity index is 2200. The molecule has 55 heavy (non-hydrogen) atoms. The summed E-state index contributed by atoms with van der Waals surface area (Å²) in [5.41, 5.74) is 3.68. The van der Waals surface area contributed by atoms with Crippen LogP contribution in [0.4, 0.5) is 22.1 Å². The maximum atomic E-state index is 13.7. The highest BCUT2D eigenvalue weighted by molar-refractivity contribution is 8.00. The molecular formula is C42H41N5O6S2. The van der Waals surface area contributed by atoms with Crippen LogP contribution in [0.15, 0.2) is 120 Å². The fourth-order valence-electron chi connectivity index (χ4n) is 5.27. The number of rotatable bonds is 14. The molecular weight excluding hydrogens is 735 g/mol. The molecule has 0 radical (unpaired) electrons. The quantitative estimate of drug-likeness (QED) is 0.0504. The number of thiophene rings is 1. The molecule has 0 bridgehead atoms. The molecule has 0 aliphatic rings. The second kappa shape index (κ2) is 18.7. The van der Waals surface area contributed by atoms with Crippen molar-refractivity contribution in [2.75, 3.05) is 41.6 Å². The molecule has 1 atom stereocenters. The third-order valence-electron chi connectivity index (χ3n) is 8.12. The van der Waals surface area contributed by atoms with Crippen LogP contribution in [0, 0.1) is 6.92 Å². The van der Waals surface area contributed by atoms with E-state index in [0.717, 1.165) is 17.0 Å². The Morgan fingerprint density at radius 1 is 0.800 bits per heavy atom. The highest BCUT2D eigenvalue weighted by atomic mass is 32.2. The van der Waals surface area contributed by atoms with Crippen molar-refractivity contribution in [3.05, 3.63) is 142 Å². The SMILES string of the molecule is CCOC(=O)c1c(NC(=O)C(C)Sc2cccc(NC(=O)/C(=C\c3ccc(N(C)C)cc3)NC(=O)c3ccccc3)c2)sc(C(=O)Nc2ccccc2)c1C. The van der Waals surface area contributed by atoms with Gasteiger partial charge in [0.1, 0.15) is 10.7 Å². The molecule has 11 nitrogen and oxygen atoms in total. The number of carbonyl (C=O) groups excluding carboxylic acids is 5. The van der Waals surface area contributed by atoms with E-state index in [1.54, 1.807) is 106 Å². The molecule has 0 saturated carbocycles. The Balaban J connectivity index is 1.31. The Morgan fingerprint density at radius 2 is 1.45 bits per heavy atom. The van der Waals surface area contributed by atoms with E-state index >= 15 is 0 Å². The lowest BCUT2D eigenvalue weighted by molar-refractivity contribution is -0.115. The van der Waals surface area contributed by atoms with E-state index in [1.807, 2.05) is 49.3 Å². The molecule has 4 N–H and O–H groups in total. The van der Waals surface area contributed by atoms with Crippen molar-refractivity contribution >= 4 is 80.8 Å². The van der Waals surface area contributed by atoms with Gasteiger partial charge >= 0.3 is 5.97 Å². The summed E-state index contributed by atoms with van der Waals surface area (Å²) in [5, 5.41) is 10.8. The lowest BCUT2D eigenvalue weighted by atomic mass is 10.1. The number of esters is 1. The standard InChI is InChI=1S/C42H41N5O6S2/c1-6-53-42(52)35-26(2)36(40(51)43-30-16-11-8-12-17-30)55-41(35)46-37(48)27(3)54-33-19-13-18-31(25-33)44-39(50)34(45-38(49)29-14-9-7-10-15-29)24-28-20-22-32(23-21-28)47(4)5/h7-25,27H,6H2,1-5H3,(H,43,51)(H,44,50)(H,45,49)(H,46,48)/b34-24+. The van der Waals surface area contributed by atoms with Crippen molar-refractivity contribution in [2.45, 2.75) is 30.9 Å². The predicted molar refractivity (Wildman–Crippen MR) is 221 cm³/mol. The molecule has 0 spiro atoms. The van der Waals surface area contributed by atoms with Gasteiger partial charge in [0.25, 0.3) is 17.7 Å². The summed E-state index contributed by atoms with van der Waals surface area (Å²) in [5.74, 6) is -2.45. The first-order valence-corrected chi connectivity index (χ1v) is 19.0. The number of carbonyl (C=O) groups is 5. The van der Waals surface area contributed by atoms with Crippen LogP contribution < -0.4 is 26.2 Å². The number of nitrogens with one attached hydrogen (secondary N) is 4. The second-order valence-corrected chi connectivity index (χ2v) is 14.8. The van der Waals surface area contributed by atoms with Crippen molar-refractivity contribution < 1.29 is 28.7 Å². The number of hydrogen-bond donors (Lipinski definition) is 4. The van der Waals surface area contributed by atoms with Gasteiger partial charge in [-0.3, -0.25) is 19.2 Å². The van der Waals surface area contributed by atoms with E-state index < -0.39 is 34.8 Å². The minimum absolute atomic E-state index is 0.0396. The molecule has 0 fully saturated rings. The first kappa shape index (κ1) is 40.0. The van der Waals surface area contributed by atoms with Crippen molar-refractivity contribution in [3.8, 4) is 0 Å². The fraction of sp³-hybridized carbons (Fsp3) is 0.167. The largest absolute Gasteiger partial charge is 0.462 e. The average Bonchev–Trinajstić information content (AvgIpc) is 3.50. The van der Waals surface area contributed by atoms with E-state index in [-0.39, 0.29) is 27.7 Å². The molecule has 5 aromatic rings. The van der Waals surface area contributed by atoms with Gasteiger partial charge in [0, 0.05) is 41.6 Å². The molecule has 0 saturated heterocycles. The molecule has 4 amide bonds. The zero-order valence-corrected chi connectivity index (χ0v) is 32.6. The van der Waals surface area contributed by atoms with Crippen LogP contribution in [0.1, 0.15) is 55.4 Å². The molecule has 0 aliphatic carbocycles. The van der Waals surface area contributed by atoms with E-state index in [4.69, 9.17) is 4.74 Å². The third kappa shape index (κ3) is 10.7. The molecule has 4 aromatic carbocycles. The topological polar surface area (TPSA) is 146 Å². The second-order valence-electron chi connectivity index (χ2n) is 12.4. The van der Waals surface area contributed by atoms with Gasteiger partial charge < -0.3 is 30.9 Å². The zero-order valence-electron chi connectivity index (χ0n) is 31.0. The van der Waals surface area contributed by atoms with Gasteiger partial charge in [-0.15, -0.1) is 23.1 Å². The monoisotopic (exact) mass is 775 g/mol. The number of thioether (sulfide) groups is 1. The Morgan fingerprint density at radius 3 is 2.11 bits per heavy atom. The highest BCUT2D eigenvalue weighted by Gasteiger charge is 2.28. The minimum atomic E-state index is -0.657. The van der Waals surface area contributed by atoms with Crippen LogP contribution in [-0.4, -0.2) is 55.6 Å². The minimum Gasteiger partial charge on any atom is -0.462 e. The van der Waals surface area contributed by atoms with Gasteiger partial charge in [-0.2, -0.15) is 0 Å². The summed E-state index contributed by atoms with van der Waals surface area (Å²) in [7, 11) is 3.86. The van der Waals surface area contributed by atoms with E-state index in [2.05, 4.69) is 21.3 Å². The van der Waals surface area contributed by atoms with Gasteiger partial charge in [-0.25, -0.2) is 4.79 Å². The molecule has 1 heterocycles. The Hall–Kier alpha value is -6.18. The molecule has 0 aliphatic heterocycles. The van der Waals surface area contributed by atoms with Gasteiger partial charge in [-0.05, 0) is 92.6 Å². The lowest BCUT2D eigenvalue weighted by Crippen LogP contribution is -2.30. The summed E-state index contributed by atoms with van der Waals surface area (Å²) in [6, 6.07) is 32.0. The molecule has 5 rings (SSSR count). The molecule has 1 unspecified atom stereocenters. The summed E-state index contributed by atoms with van der Waals surface area (Å²) in [6.45, 7) is 5.15. The number of nitrogens with zero attached hydrogens (tertiary/aromatic N) is 1. The first-order valence-electron chi connectivity index (χ1n) is 17.3. The normalized spacial score (nSPS) is 11.5. The fourth-order valence-corrected chi connectivity index (χ4v) is 7.29.